The van der Waals surface area contributed by atoms with E-state index in [1.165, 1.54) is 23.3 Å². The van der Waals surface area contributed by atoms with Crippen molar-refractivity contribution in [3.05, 3.63) is 78.4 Å². The predicted molar refractivity (Wildman–Crippen MR) is 313 cm³/mol. The zero-order chi connectivity index (χ0) is 53.5. The van der Waals surface area contributed by atoms with E-state index in [4.69, 9.17) is 28.4 Å². The molecule has 0 bridgehead atoms. The van der Waals surface area contributed by atoms with Gasteiger partial charge in [0, 0.05) is 57.3 Å². The molecule has 74 heavy (non-hydrogen) atoms. The first-order valence-corrected chi connectivity index (χ1v) is 30.8. The van der Waals surface area contributed by atoms with E-state index in [0.29, 0.717) is 65.3 Å². The van der Waals surface area contributed by atoms with Gasteiger partial charge >= 0.3 is 11.9 Å². The van der Waals surface area contributed by atoms with Gasteiger partial charge in [-0.2, -0.15) is 0 Å². The SMILES string of the molecule is CC/C=C\CCCCOC(CCC(=O)OCCCCCCCN(CCCCCCCOC(=O)CCC(OCCCC/C=C\CC)OCCCC/C=C\CC)CCNSc1ccc(C)cc1)OCCCC/C=C\CC. The van der Waals surface area contributed by atoms with Gasteiger partial charge in [-0.15, -0.1) is 0 Å². The Kier molecular flexibility index (Phi) is 51.5. The van der Waals surface area contributed by atoms with Crippen LogP contribution in [-0.2, 0) is 38.0 Å². The minimum absolute atomic E-state index is 0.161. The van der Waals surface area contributed by atoms with E-state index < -0.39 is 0 Å². The maximum absolute atomic E-state index is 12.7. The Labute approximate surface area is 458 Å². The van der Waals surface area contributed by atoms with E-state index in [1.807, 2.05) is 0 Å². The molecule has 0 aliphatic carbocycles. The zero-order valence-corrected chi connectivity index (χ0v) is 48.8. The Hall–Kier alpha value is -2.77. The van der Waals surface area contributed by atoms with Gasteiger partial charge in [0.25, 0.3) is 0 Å². The van der Waals surface area contributed by atoms with E-state index in [1.54, 1.807) is 11.9 Å². The summed E-state index contributed by atoms with van der Waals surface area (Å²) < 4.78 is 39.2. The van der Waals surface area contributed by atoms with Gasteiger partial charge in [-0.05, 0) is 173 Å². The number of nitrogens with zero attached hydrogens (tertiary/aromatic N) is 1. The molecule has 0 aromatic heterocycles. The number of unbranched alkanes of at least 4 members (excludes halogenated alkanes) is 16. The Morgan fingerprint density at radius 2 is 0.811 bits per heavy atom. The molecule has 10 nitrogen and oxygen atoms in total. The molecule has 1 rings (SSSR count). The van der Waals surface area contributed by atoms with Crippen LogP contribution >= 0.6 is 11.9 Å². The first-order chi connectivity index (χ1) is 36.4. The summed E-state index contributed by atoms with van der Waals surface area (Å²) in [6.07, 6.45) is 46.5. The lowest BCUT2D eigenvalue weighted by molar-refractivity contribution is -0.159. The van der Waals surface area contributed by atoms with Crippen molar-refractivity contribution in [2.24, 2.45) is 0 Å². The summed E-state index contributed by atoms with van der Waals surface area (Å²) in [5, 5.41) is 0. The van der Waals surface area contributed by atoms with Crippen LogP contribution in [0.3, 0.4) is 0 Å². The Bertz CT molecular complexity index is 1370. The van der Waals surface area contributed by atoms with Crippen molar-refractivity contribution >= 4 is 23.9 Å². The number of nitrogens with one attached hydrogen (secondary N) is 1. The molecule has 0 aliphatic heterocycles. The number of benzene rings is 1. The first-order valence-electron chi connectivity index (χ1n) is 30.0. The lowest BCUT2D eigenvalue weighted by Gasteiger charge is -2.22. The van der Waals surface area contributed by atoms with Crippen LogP contribution in [0.5, 0.6) is 0 Å². The van der Waals surface area contributed by atoms with Crippen LogP contribution in [0, 0.1) is 6.92 Å². The molecule has 0 unspecified atom stereocenters. The summed E-state index contributed by atoms with van der Waals surface area (Å²) in [7, 11) is 0. The van der Waals surface area contributed by atoms with Crippen LogP contribution in [0.25, 0.3) is 0 Å². The highest BCUT2D eigenvalue weighted by Gasteiger charge is 2.15. The Morgan fingerprint density at radius 1 is 0.459 bits per heavy atom. The molecular formula is C63H110N2O8S. The third-order valence-corrected chi connectivity index (χ3v) is 13.4. The fourth-order valence-electron chi connectivity index (χ4n) is 8.09. The van der Waals surface area contributed by atoms with Crippen molar-refractivity contribution in [2.75, 3.05) is 65.8 Å². The van der Waals surface area contributed by atoms with Gasteiger partial charge in [0.2, 0.25) is 0 Å². The Balaban J connectivity index is 2.40. The first kappa shape index (κ1) is 69.2. The second-order valence-electron chi connectivity index (χ2n) is 19.5. The van der Waals surface area contributed by atoms with Gasteiger partial charge in [0.1, 0.15) is 0 Å². The quantitative estimate of drug-likeness (QED) is 0.0222. The molecule has 0 atom stereocenters. The monoisotopic (exact) mass is 1050 g/mol. The summed E-state index contributed by atoms with van der Waals surface area (Å²) in [4.78, 5) is 29.2. The van der Waals surface area contributed by atoms with E-state index in [2.05, 4.69) is 117 Å². The van der Waals surface area contributed by atoms with Crippen molar-refractivity contribution in [3.8, 4) is 0 Å². The normalized spacial score (nSPS) is 12.2. The zero-order valence-electron chi connectivity index (χ0n) is 48.0. The number of aryl methyl sites for hydroxylation is 1. The number of allylic oxidation sites excluding steroid dienone is 8. The lowest BCUT2D eigenvalue weighted by atomic mass is 10.1. The lowest BCUT2D eigenvalue weighted by Crippen LogP contribution is -2.32. The molecule has 0 fully saturated rings. The van der Waals surface area contributed by atoms with Crippen molar-refractivity contribution < 1.29 is 38.0 Å². The second kappa shape index (κ2) is 55.0. The van der Waals surface area contributed by atoms with E-state index >= 15 is 0 Å². The third kappa shape index (κ3) is 47.7. The molecule has 11 heteroatoms. The highest BCUT2D eigenvalue weighted by Crippen LogP contribution is 2.16. The van der Waals surface area contributed by atoms with Gasteiger partial charge in [-0.1, -0.05) is 133 Å². The highest BCUT2D eigenvalue weighted by molar-refractivity contribution is 7.97. The standard InChI is InChI=1S/C63H110N2O8S/c1-6-10-14-18-26-36-54-70-62(71-55-37-27-19-15-11-7-2)46-44-60(66)68-52-34-30-22-24-32-49-65(51-48-64-74-59-42-40-58(5)41-43-59)50-33-25-23-31-35-53-69-61(67)45-47-63(72-56-38-28-20-16-12-8-3)73-57-39-29-21-17-13-9-4/h10-17,40-43,62-64H,6-9,18-39,44-57H2,1-5H3/b14-10-,15-11-,16-12-,17-13-. The number of ether oxygens (including phenoxy) is 6. The number of esters is 2. The van der Waals surface area contributed by atoms with Gasteiger partial charge in [-0.3, -0.25) is 14.3 Å². The summed E-state index contributed by atoms with van der Waals surface area (Å²) in [5.74, 6) is -0.322. The molecule has 0 saturated heterocycles. The fraction of sp³-hybridized carbons (Fsp3) is 0.746. The topological polar surface area (TPSA) is 105 Å². The maximum Gasteiger partial charge on any atom is 0.305 e. The average molecular weight is 1060 g/mol. The third-order valence-electron chi connectivity index (χ3n) is 12.6. The molecule has 0 radical (unpaired) electrons. The van der Waals surface area contributed by atoms with Crippen LogP contribution in [0.4, 0.5) is 0 Å². The Morgan fingerprint density at radius 3 is 1.19 bits per heavy atom. The van der Waals surface area contributed by atoms with Gasteiger partial charge in [0.15, 0.2) is 12.6 Å². The average Bonchev–Trinajstić information content (AvgIpc) is 3.40. The molecule has 1 aromatic carbocycles. The summed E-state index contributed by atoms with van der Waals surface area (Å²) in [5.41, 5.74) is 1.28. The molecular weight excluding hydrogens is 945 g/mol. The number of carbonyl (C=O) groups excluding carboxylic acids is 2. The summed E-state index contributed by atoms with van der Waals surface area (Å²) >= 11 is 1.71. The number of hydrogen-bond donors (Lipinski definition) is 1. The molecule has 0 amide bonds. The minimum Gasteiger partial charge on any atom is -0.466 e. The molecule has 1 aromatic rings. The number of carbonyl (C=O) groups is 2. The van der Waals surface area contributed by atoms with E-state index in [-0.39, 0.29) is 24.5 Å². The largest absolute Gasteiger partial charge is 0.466 e. The molecule has 0 saturated carbocycles. The second-order valence-corrected chi connectivity index (χ2v) is 20.5. The minimum atomic E-state index is -0.363. The fourth-order valence-corrected chi connectivity index (χ4v) is 8.72. The van der Waals surface area contributed by atoms with Gasteiger partial charge < -0.3 is 33.3 Å². The molecule has 1 N–H and O–H groups in total. The van der Waals surface area contributed by atoms with Gasteiger partial charge in [-0.25, -0.2) is 0 Å². The smallest absolute Gasteiger partial charge is 0.305 e. The molecule has 0 heterocycles. The predicted octanol–water partition coefficient (Wildman–Crippen LogP) is 16.7. The van der Waals surface area contributed by atoms with Crippen molar-refractivity contribution in [1.29, 1.82) is 0 Å². The van der Waals surface area contributed by atoms with Crippen molar-refractivity contribution in [3.63, 3.8) is 0 Å². The maximum atomic E-state index is 12.7. The molecule has 0 aliphatic rings. The van der Waals surface area contributed by atoms with Crippen LogP contribution in [-0.4, -0.2) is 95.2 Å². The van der Waals surface area contributed by atoms with Crippen molar-refractivity contribution in [2.45, 2.75) is 245 Å². The highest BCUT2D eigenvalue weighted by atomic mass is 32.2. The molecule has 426 valence electrons. The van der Waals surface area contributed by atoms with E-state index in [9.17, 15) is 9.59 Å². The molecule has 0 spiro atoms. The number of hydrogen-bond acceptors (Lipinski definition) is 11. The van der Waals surface area contributed by atoms with E-state index in [0.717, 1.165) is 180 Å². The summed E-state index contributed by atoms with van der Waals surface area (Å²) in [6.45, 7) is 18.4. The van der Waals surface area contributed by atoms with Crippen molar-refractivity contribution in [1.82, 2.24) is 9.62 Å². The van der Waals surface area contributed by atoms with Crippen LogP contribution in [0.1, 0.15) is 226 Å². The van der Waals surface area contributed by atoms with Gasteiger partial charge in [0.05, 0.1) is 26.1 Å². The van der Waals surface area contributed by atoms with Crippen LogP contribution < -0.4 is 4.72 Å². The van der Waals surface area contributed by atoms with Crippen LogP contribution in [0.15, 0.2) is 77.8 Å². The van der Waals surface area contributed by atoms with Crippen LogP contribution in [0.2, 0.25) is 0 Å². The number of rotatable bonds is 55. The summed E-state index contributed by atoms with van der Waals surface area (Å²) in [6, 6.07) is 8.67.